The minimum atomic E-state index is -0.217. The maximum atomic E-state index is 6.58. The molecule has 35 heavy (non-hydrogen) atoms. The summed E-state index contributed by atoms with van der Waals surface area (Å²) in [5.74, 6) is 6.20. The van der Waals surface area contributed by atoms with Crippen molar-refractivity contribution in [3.8, 4) is 0 Å². The molecule has 1 aliphatic heterocycles. The first-order valence-electron chi connectivity index (χ1n) is 15.7. The van der Waals surface area contributed by atoms with Gasteiger partial charge in [-0.25, -0.2) is 0 Å². The van der Waals surface area contributed by atoms with E-state index >= 15 is 0 Å². The molecule has 2 heteroatoms. The SMILES string of the molecule is C=C(CCC[C@@H](C)CCCC(C)CCCC(C)C)C1OC(C2CCCCC2)=C(C2CCCCC2)O1. The Morgan fingerprint density at radius 1 is 0.657 bits per heavy atom. The average molecular weight is 487 g/mol. The molecule has 3 rings (SSSR count). The molecule has 0 N–H and O–H groups in total. The molecule has 1 heterocycles. The van der Waals surface area contributed by atoms with Gasteiger partial charge in [0.15, 0.2) is 0 Å². The number of allylic oxidation sites excluding steroid dienone is 2. The van der Waals surface area contributed by atoms with Crippen LogP contribution in [0.4, 0.5) is 0 Å². The summed E-state index contributed by atoms with van der Waals surface area (Å²) in [6, 6.07) is 0. The molecule has 0 radical (unpaired) electrons. The van der Waals surface area contributed by atoms with Crippen molar-refractivity contribution in [2.24, 2.45) is 29.6 Å². The number of ether oxygens (including phenoxy) is 2. The van der Waals surface area contributed by atoms with Crippen LogP contribution in [0.5, 0.6) is 0 Å². The van der Waals surface area contributed by atoms with Gasteiger partial charge < -0.3 is 9.47 Å². The van der Waals surface area contributed by atoms with Crippen molar-refractivity contribution in [2.75, 3.05) is 0 Å². The van der Waals surface area contributed by atoms with E-state index in [9.17, 15) is 0 Å². The van der Waals surface area contributed by atoms with Crippen LogP contribution in [0.3, 0.4) is 0 Å². The molecule has 0 bridgehead atoms. The first kappa shape index (κ1) is 28.6. The highest BCUT2D eigenvalue weighted by molar-refractivity contribution is 5.18. The van der Waals surface area contributed by atoms with Gasteiger partial charge in [0.25, 0.3) is 6.29 Å². The molecule has 0 saturated heterocycles. The molecule has 2 aliphatic carbocycles. The average Bonchev–Trinajstić information content (AvgIpc) is 3.31. The first-order valence-corrected chi connectivity index (χ1v) is 15.7. The van der Waals surface area contributed by atoms with Crippen molar-refractivity contribution in [1.82, 2.24) is 0 Å². The summed E-state index contributed by atoms with van der Waals surface area (Å²) in [5.41, 5.74) is 1.16. The third kappa shape index (κ3) is 9.81. The van der Waals surface area contributed by atoms with E-state index in [1.165, 1.54) is 127 Å². The minimum Gasteiger partial charge on any atom is -0.452 e. The van der Waals surface area contributed by atoms with E-state index in [1.54, 1.807) is 0 Å². The smallest absolute Gasteiger partial charge is 0.262 e. The van der Waals surface area contributed by atoms with Gasteiger partial charge in [-0.3, -0.25) is 0 Å². The second-order valence-corrected chi connectivity index (χ2v) is 13.0. The van der Waals surface area contributed by atoms with Crippen LogP contribution in [-0.2, 0) is 9.47 Å². The lowest BCUT2D eigenvalue weighted by Gasteiger charge is -2.25. The molecule has 2 atom stereocenters. The quantitative estimate of drug-likeness (QED) is 0.214. The Morgan fingerprint density at radius 2 is 1.09 bits per heavy atom. The number of hydrogen-bond acceptors (Lipinski definition) is 2. The van der Waals surface area contributed by atoms with Crippen molar-refractivity contribution in [3.63, 3.8) is 0 Å². The Kier molecular flexibility index (Phi) is 12.6. The van der Waals surface area contributed by atoms with E-state index in [-0.39, 0.29) is 6.29 Å². The van der Waals surface area contributed by atoms with Crippen LogP contribution in [0.2, 0.25) is 0 Å². The predicted molar refractivity (Wildman–Crippen MR) is 150 cm³/mol. The van der Waals surface area contributed by atoms with E-state index < -0.39 is 0 Å². The molecule has 2 nitrogen and oxygen atoms in total. The van der Waals surface area contributed by atoms with Gasteiger partial charge in [0, 0.05) is 17.4 Å². The molecule has 2 fully saturated rings. The maximum absolute atomic E-state index is 6.58. The fourth-order valence-corrected chi connectivity index (χ4v) is 6.64. The van der Waals surface area contributed by atoms with Crippen molar-refractivity contribution in [3.05, 3.63) is 23.7 Å². The van der Waals surface area contributed by atoms with Crippen molar-refractivity contribution in [1.29, 1.82) is 0 Å². The topological polar surface area (TPSA) is 18.5 Å². The predicted octanol–water partition coefficient (Wildman–Crippen LogP) is 10.7. The Balaban J connectivity index is 1.36. The summed E-state index contributed by atoms with van der Waals surface area (Å²) in [4.78, 5) is 0. The Morgan fingerprint density at radius 3 is 1.54 bits per heavy atom. The van der Waals surface area contributed by atoms with Crippen LogP contribution in [0.1, 0.15) is 150 Å². The molecule has 3 aliphatic rings. The molecule has 0 aromatic carbocycles. The second kappa shape index (κ2) is 15.4. The van der Waals surface area contributed by atoms with Gasteiger partial charge in [0.1, 0.15) is 11.5 Å². The molecular weight excluding hydrogens is 428 g/mol. The van der Waals surface area contributed by atoms with Gasteiger partial charge in [-0.2, -0.15) is 0 Å². The summed E-state index contributed by atoms with van der Waals surface area (Å²) < 4.78 is 13.2. The Labute approximate surface area is 218 Å². The summed E-state index contributed by atoms with van der Waals surface area (Å²) in [5, 5.41) is 0. The second-order valence-electron chi connectivity index (χ2n) is 13.0. The van der Waals surface area contributed by atoms with Gasteiger partial charge in [-0.15, -0.1) is 0 Å². The standard InChI is InChI=1S/C33H58O2/c1-25(2)15-12-16-26(3)17-13-18-27(4)19-14-20-28(5)33-34-31(29-21-8-6-9-22-29)32(35-33)30-23-10-7-11-24-30/h25-27,29-30,33H,5-24H2,1-4H3/t26?,27-/m0/s1. The third-order valence-electron chi connectivity index (χ3n) is 9.06. The van der Waals surface area contributed by atoms with Gasteiger partial charge in [-0.05, 0) is 56.3 Å². The fourth-order valence-electron chi connectivity index (χ4n) is 6.64. The van der Waals surface area contributed by atoms with Crippen LogP contribution in [0.25, 0.3) is 0 Å². The molecule has 202 valence electrons. The zero-order valence-corrected chi connectivity index (χ0v) is 23.9. The maximum Gasteiger partial charge on any atom is 0.262 e. The summed E-state index contributed by atoms with van der Waals surface area (Å²) in [6.07, 6.45) is 25.0. The lowest BCUT2D eigenvalue weighted by molar-refractivity contribution is -0.0248. The van der Waals surface area contributed by atoms with Crippen molar-refractivity contribution < 1.29 is 9.47 Å². The highest BCUT2D eigenvalue weighted by Gasteiger charge is 2.37. The first-order chi connectivity index (χ1) is 16.9. The normalized spacial score (nSPS) is 22.3. The Hall–Kier alpha value is -0.920. The van der Waals surface area contributed by atoms with E-state index in [0.717, 1.165) is 29.7 Å². The van der Waals surface area contributed by atoms with Crippen LogP contribution in [-0.4, -0.2) is 6.29 Å². The molecule has 0 amide bonds. The molecular formula is C33H58O2. The van der Waals surface area contributed by atoms with Gasteiger partial charge >= 0.3 is 0 Å². The lowest BCUT2D eigenvalue weighted by atomic mass is 9.83. The number of hydrogen-bond donors (Lipinski definition) is 0. The number of rotatable bonds is 15. The minimum absolute atomic E-state index is 0.217. The van der Waals surface area contributed by atoms with E-state index in [1.807, 2.05) is 0 Å². The van der Waals surface area contributed by atoms with Gasteiger partial charge in [0.2, 0.25) is 0 Å². The summed E-state index contributed by atoms with van der Waals surface area (Å²) in [6.45, 7) is 14.0. The zero-order chi connectivity index (χ0) is 25.0. The van der Waals surface area contributed by atoms with Crippen molar-refractivity contribution >= 4 is 0 Å². The largest absolute Gasteiger partial charge is 0.452 e. The third-order valence-corrected chi connectivity index (χ3v) is 9.06. The van der Waals surface area contributed by atoms with Gasteiger partial charge in [-0.1, -0.05) is 118 Å². The highest BCUT2D eigenvalue weighted by atomic mass is 16.7. The Bertz CT molecular complexity index is 605. The lowest BCUT2D eigenvalue weighted by Crippen LogP contribution is -2.15. The van der Waals surface area contributed by atoms with Crippen LogP contribution in [0.15, 0.2) is 23.7 Å². The summed E-state index contributed by atoms with van der Waals surface area (Å²) >= 11 is 0. The monoisotopic (exact) mass is 486 g/mol. The van der Waals surface area contributed by atoms with E-state index in [4.69, 9.17) is 9.47 Å². The zero-order valence-electron chi connectivity index (χ0n) is 23.9. The highest BCUT2D eigenvalue weighted by Crippen LogP contribution is 2.44. The summed E-state index contributed by atoms with van der Waals surface area (Å²) in [7, 11) is 0. The molecule has 0 aromatic heterocycles. The van der Waals surface area contributed by atoms with E-state index in [0.29, 0.717) is 11.8 Å². The molecule has 0 aromatic rings. The fraction of sp³-hybridized carbons (Fsp3) is 0.879. The molecule has 1 unspecified atom stereocenters. The van der Waals surface area contributed by atoms with E-state index in [2.05, 4.69) is 34.3 Å². The molecule has 0 spiro atoms. The van der Waals surface area contributed by atoms with Crippen LogP contribution < -0.4 is 0 Å². The van der Waals surface area contributed by atoms with Crippen LogP contribution in [0, 0.1) is 29.6 Å². The van der Waals surface area contributed by atoms with Crippen molar-refractivity contribution in [2.45, 2.75) is 156 Å². The molecule has 2 saturated carbocycles. The van der Waals surface area contributed by atoms with Gasteiger partial charge in [0.05, 0.1) is 0 Å². The van der Waals surface area contributed by atoms with Crippen LogP contribution >= 0.6 is 0 Å².